The molecule has 0 bridgehead atoms. The number of benzene rings is 1. The van der Waals surface area contributed by atoms with Crippen LogP contribution in [0.3, 0.4) is 0 Å². The summed E-state index contributed by atoms with van der Waals surface area (Å²) >= 11 is 0. The molecule has 0 spiro atoms. The van der Waals surface area contributed by atoms with Crippen molar-refractivity contribution in [2.24, 2.45) is 0 Å². The Labute approximate surface area is 150 Å². The molecule has 2 amide bonds. The molecule has 1 aromatic carbocycles. The highest BCUT2D eigenvalue weighted by atomic mass is 16.7. The molecule has 0 unspecified atom stereocenters. The van der Waals surface area contributed by atoms with E-state index in [2.05, 4.69) is 10.5 Å². The van der Waals surface area contributed by atoms with E-state index in [4.69, 9.17) is 14.0 Å². The van der Waals surface area contributed by atoms with Gasteiger partial charge in [-0.25, -0.2) is 0 Å². The van der Waals surface area contributed by atoms with Crippen LogP contribution in [0.15, 0.2) is 28.8 Å². The maximum Gasteiger partial charge on any atom is 0.273 e. The number of rotatable bonds is 3. The molecule has 2 aliphatic heterocycles. The Morgan fingerprint density at radius 3 is 2.65 bits per heavy atom. The Kier molecular flexibility index (Phi) is 4.24. The average molecular weight is 357 g/mol. The topological polar surface area (TPSA) is 93.9 Å². The summed E-state index contributed by atoms with van der Waals surface area (Å²) in [7, 11) is 0. The van der Waals surface area contributed by atoms with E-state index in [9.17, 15) is 9.59 Å². The summed E-state index contributed by atoms with van der Waals surface area (Å²) < 4.78 is 15.5. The molecule has 0 saturated carbocycles. The van der Waals surface area contributed by atoms with Gasteiger partial charge < -0.3 is 24.2 Å². The van der Waals surface area contributed by atoms with Crippen molar-refractivity contribution in [2.45, 2.75) is 25.8 Å². The zero-order valence-corrected chi connectivity index (χ0v) is 14.4. The summed E-state index contributed by atoms with van der Waals surface area (Å²) in [5.41, 5.74) is 0.858. The molecule has 3 heterocycles. The van der Waals surface area contributed by atoms with Crippen LogP contribution in [-0.4, -0.2) is 47.8 Å². The van der Waals surface area contributed by atoms with Crippen molar-refractivity contribution in [1.82, 2.24) is 15.4 Å². The average Bonchev–Trinajstić information content (AvgIpc) is 3.29. The van der Waals surface area contributed by atoms with Crippen LogP contribution in [0.5, 0.6) is 11.5 Å². The van der Waals surface area contributed by atoms with E-state index in [1.54, 1.807) is 36.1 Å². The van der Waals surface area contributed by atoms with Gasteiger partial charge in [-0.2, -0.15) is 0 Å². The normalized spacial score (nSPS) is 16.6. The number of fused-ring (bicyclic) bond motifs is 1. The molecule has 2 aliphatic rings. The highest BCUT2D eigenvalue weighted by Gasteiger charge is 2.26. The largest absolute Gasteiger partial charge is 0.454 e. The van der Waals surface area contributed by atoms with Crippen LogP contribution in [0.1, 0.15) is 39.4 Å². The molecular weight excluding hydrogens is 338 g/mol. The van der Waals surface area contributed by atoms with Crippen LogP contribution in [0.4, 0.5) is 0 Å². The number of hydrogen-bond acceptors (Lipinski definition) is 6. The summed E-state index contributed by atoms with van der Waals surface area (Å²) in [6.45, 7) is 3.08. The maximum atomic E-state index is 12.7. The lowest BCUT2D eigenvalue weighted by atomic mass is 10.0. The molecular formula is C18H19N3O5. The second-order valence-corrected chi connectivity index (χ2v) is 6.43. The number of nitrogens with zero attached hydrogens (tertiary/aromatic N) is 2. The van der Waals surface area contributed by atoms with E-state index < -0.39 is 0 Å². The fourth-order valence-corrected chi connectivity index (χ4v) is 3.17. The molecule has 2 aromatic rings. The molecule has 1 fully saturated rings. The Balaban J connectivity index is 1.33. The molecule has 0 radical (unpaired) electrons. The first kappa shape index (κ1) is 16.4. The number of aryl methyl sites for hydroxylation is 1. The van der Waals surface area contributed by atoms with Gasteiger partial charge in [0, 0.05) is 30.8 Å². The van der Waals surface area contributed by atoms with Gasteiger partial charge in [-0.1, -0.05) is 5.16 Å². The quantitative estimate of drug-likeness (QED) is 0.899. The molecule has 1 saturated heterocycles. The second-order valence-electron chi connectivity index (χ2n) is 6.43. The number of hydrogen-bond donors (Lipinski definition) is 1. The molecule has 26 heavy (non-hydrogen) atoms. The van der Waals surface area contributed by atoms with E-state index in [1.807, 2.05) is 0 Å². The van der Waals surface area contributed by atoms with Gasteiger partial charge in [0.15, 0.2) is 17.2 Å². The number of piperidine rings is 1. The highest BCUT2D eigenvalue weighted by molar-refractivity contribution is 5.95. The van der Waals surface area contributed by atoms with Crippen molar-refractivity contribution in [1.29, 1.82) is 0 Å². The Bertz CT molecular complexity index is 839. The number of carbonyl (C=O) groups excluding carboxylic acids is 2. The van der Waals surface area contributed by atoms with Crippen molar-refractivity contribution >= 4 is 11.8 Å². The SMILES string of the molecule is Cc1cc(C(=O)NC2CCN(C(=O)c3ccc4c(c3)OCO4)CC2)no1. The Morgan fingerprint density at radius 2 is 1.92 bits per heavy atom. The fourth-order valence-electron chi connectivity index (χ4n) is 3.17. The molecule has 4 rings (SSSR count). The van der Waals surface area contributed by atoms with E-state index in [0.717, 1.165) is 0 Å². The monoisotopic (exact) mass is 357 g/mol. The summed E-state index contributed by atoms with van der Waals surface area (Å²) in [5.74, 6) is 1.56. The first-order chi connectivity index (χ1) is 12.6. The van der Waals surface area contributed by atoms with E-state index in [-0.39, 0.29) is 30.3 Å². The van der Waals surface area contributed by atoms with E-state index in [0.29, 0.717) is 48.8 Å². The second kappa shape index (κ2) is 6.70. The van der Waals surface area contributed by atoms with Crippen molar-refractivity contribution in [3.05, 3.63) is 41.3 Å². The fraction of sp³-hybridized carbons (Fsp3) is 0.389. The van der Waals surface area contributed by atoms with Crippen LogP contribution in [0, 0.1) is 6.92 Å². The van der Waals surface area contributed by atoms with Gasteiger partial charge in [0.05, 0.1) is 0 Å². The minimum atomic E-state index is -0.248. The molecule has 1 aromatic heterocycles. The zero-order valence-electron chi connectivity index (χ0n) is 14.4. The number of aromatic nitrogens is 1. The lowest BCUT2D eigenvalue weighted by Gasteiger charge is -2.32. The van der Waals surface area contributed by atoms with E-state index >= 15 is 0 Å². The molecule has 8 heteroatoms. The third-order valence-electron chi connectivity index (χ3n) is 4.60. The molecule has 0 aliphatic carbocycles. The minimum Gasteiger partial charge on any atom is -0.454 e. The smallest absolute Gasteiger partial charge is 0.273 e. The van der Waals surface area contributed by atoms with Crippen LogP contribution in [0.25, 0.3) is 0 Å². The first-order valence-electron chi connectivity index (χ1n) is 8.53. The summed E-state index contributed by atoms with van der Waals surface area (Å²) in [6.07, 6.45) is 1.39. The predicted molar refractivity (Wildman–Crippen MR) is 90.2 cm³/mol. The van der Waals surface area contributed by atoms with Crippen molar-refractivity contribution in [3.63, 3.8) is 0 Å². The molecule has 136 valence electrons. The van der Waals surface area contributed by atoms with Crippen LogP contribution < -0.4 is 14.8 Å². The first-order valence-corrected chi connectivity index (χ1v) is 8.53. The zero-order chi connectivity index (χ0) is 18.1. The van der Waals surface area contributed by atoms with Gasteiger partial charge in [0.1, 0.15) is 5.76 Å². The highest BCUT2D eigenvalue weighted by Crippen LogP contribution is 2.33. The Hall–Kier alpha value is -3.03. The Morgan fingerprint density at radius 1 is 1.15 bits per heavy atom. The summed E-state index contributed by atoms with van der Waals surface area (Å²) in [6, 6.07) is 6.83. The third kappa shape index (κ3) is 3.22. The predicted octanol–water partition coefficient (Wildman–Crippen LogP) is 1.75. The summed E-state index contributed by atoms with van der Waals surface area (Å²) in [4.78, 5) is 26.6. The van der Waals surface area contributed by atoms with Crippen LogP contribution in [0.2, 0.25) is 0 Å². The number of ether oxygens (including phenoxy) is 2. The third-order valence-corrected chi connectivity index (χ3v) is 4.60. The van der Waals surface area contributed by atoms with Crippen LogP contribution in [-0.2, 0) is 0 Å². The van der Waals surface area contributed by atoms with Gasteiger partial charge in [0.2, 0.25) is 6.79 Å². The van der Waals surface area contributed by atoms with Crippen molar-refractivity contribution < 1.29 is 23.6 Å². The minimum absolute atomic E-state index is 0.0142. The molecule has 8 nitrogen and oxygen atoms in total. The van der Waals surface area contributed by atoms with Gasteiger partial charge in [-0.15, -0.1) is 0 Å². The standard InChI is InChI=1S/C18H19N3O5/c1-11-8-14(20-26-11)17(22)19-13-4-6-21(7-5-13)18(23)12-2-3-15-16(9-12)25-10-24-15/h2-3,8-9,13H,4-7,10H2,1H3,(H,19,22). The summed E-state index contributed by atoms with van der Waals surface area (Å²) in [5, 5.41) is 6.66. The van der Waals surface area contributed by atoms with Gasteiger partial charge in [-0.3, -0.25) is 9.59 Å². The maximum absolute atomic E-state index is 12.7. The lowest BCUT2D eigenvalue weighted by Crippen LogP contribution is -2.46. The number of nitrogens with one attached hydrogen (secondary N) is 1. The molecule has 0 atom stereocenters. The van der Waals surface area contributed by atoms with Gasteiger partial charge in [-0.05, 0) is 38.0 Å². The molecule has 1 N–H and O–H groups in total. The number of carbonyl (C=O) groups is 2. The van der Waals surface area contributed by atoms with E-state index in [1.165, 1.54) is 0 Å². The van der Waals surface area contributed by atoms with Gasteiger partial charge >= 0.3 is 0 Å². The van der Waals surface area contributed by atoms with Crippen molar-refractivity contribution in [3.8, 4) is 11.5 Å². The number of likely N-dealkylation sites (tertiary alicyclic amines) is 1. The van der Waals surface area contributed by atoms with Crippen LogP contribution >= 0.6 is 0 Å². The van der Waals surface area contributed by atoms with Crippen molar-refractivity contribution in [2.75, 3.05) is 19.9 Å². The number of amides is 2. The van der Waals surface area contributed by atoms with Gasteiger partial charge in [0.25, 0.3) is 11.8 Å². The lowest BCUT2D eigenvalue weighted by molar-refractivity contribution is 0.0697.